The summed E-state index contributed by atoms with van der Waals surface area (Å²) in [5.74, 6) is 0.525. The Morgan fingerprint density at radius 2 is 1.80 bits per heavy atom. The highest BCUT2D eigenvalue weighted by atomic mass is 35.5. The summed E-state index contributed by atoms with van der Waals surface area (Å²) in [5, 5.41) is 1.49. The third kappa shape index (κ3) is 4.85. The number of rotatable bonds is 4. The number of halogens is 1. The highest BCUT2D eigenvalue weighted by Gasteiger charge is 2.41. The van der Waals surface area contributed by atoms with Crippen LogP contribution in [0, 0.1) is 19.8 Å². The zero-order valence-electron chi connectivity index (χ0n) is 20.4. The number of thioether (sulfide) groups is 1. The molecular formula is C29H30ClN3OS. The molecule has 2 atom stereocenters. The van der Waals surface area contributed by atoms with Gasteiger partial charge in [-0.25, -0.2) is 4.99 Å². The molecule has 1 aliphatic heterocycles. The van der Waals surface area contributed by atoms with Crippen molar-refractivity contribution in [1.29, 1.82) is 0 Å². The molecule has 0 spiro atoms. The Balaban J connectivity index is 1.54. The molecule has 0 unspecified atom stereocenters. The quantitative estimate of drug-likeness (QED) is 0.339. The molecule has 180 valence electrons. The van der Waals surface area contributed by atoms with E-state index < -0.39 is 0 Å². The maximum atomic E-state index is 13.8. The summed E-state index contributed by atoms with van der Waals surface area (Å²) in [7, 11) is 0. The van der Waals surface area contributed by atoms with Crippen LogP contribution in [-0.4, -0.2) is 26.6 Å². The molecule has 4 nitrogen and oxygen atoms in total. The number of aryl methyl sites for hydroxylation is 1. The number of hydrogen-bond acceptors (Lipinski definition) is 3. The molecule has 35 heavy (non-hydrogen) atoms. The van der Waals surface area contributed by atoms with Crippen LogP contribution in [0.2, 0.25) is 5.02 Å². The molecule has 1 amide bonds. The van der Waals surface area contributed by atoms with Crippen molar-refractivity contribution in [3.05, 3.63) is 87.5 Å². The lowest BCUT2D eigenvalue weighted by Crippen LogP contribution is -2.44. The fraction of sp³-hybridized carbons (Fsp3) is 0.310. The lowest BCUT2D eigenvalue weighted by Gasteiger charge is -2.35. The van der Waals surface area contributed by atoms with E-state index >= 15 is 0 Å². The van der Waals surface area contributed by atoms with Crippen molar-refractivity contribution in [2.45, 2.75) is 52.5 Å². The predicted molar refractivity (Wildman–Crippen MR) is 148 cm³/mol. The van der Waals surface area contributed by atoms with Gasteiger partial charge in [0, 0.05) is 28.1 Å². The van der Waals surface area contributed by atoms with Gasteiger partial charge in [-0.15, -0.1) is 0 Å². The van der Waals surface area contributed by atoms with E-state index in [-0.39, 0.29) is 11.9 Å². The average Bonchev–Trinajstić information content (AvgIpc) is 3.29. The first-order chi connectivity index (χ1) is 16.9. The minimum absolute atomic E-state index is 0.0657. The lowest BCUT2D eigenvalue weighted by atomic mass is 9.85. The van der Waals surface area contributed by atoms with Gasteiger partial charge in [0.1, 0.15) is 0 Å². The molecule has 0 radical (unpaired) electrons. The minimum atomic E-state index is 0.0657. The van der Waals surface area contributed by atoms with Crippen LogP contribution >= 0.6 is 23.4 Å². The van der Waals surface area contributed by atoms with Crippen molar-refractivity contribution in [3.63, 3.8) is 0 Å². The van der Waals surface area contributed by atoms with Crippen molar-refractivity contribution < 1.29 is 4.79 Å². The molecule has 1 saturated carbocycles. The van der Waals surface area contributed by atoms with E-state index in [2.05, 4.69) is 37.5 Å². The van der Waals surface area contributed by atoms with Crippen molar-refractivity contribution in [3.8, 4) is 5.69 Å². The number of carbonyl (C=O) groups is 1. The Morgan fingerprint density at radius 3 is 2.54 bits per heavy atom. The topological polar surface area (TPSA) is 37.6 Å². The van der Waals surface area contributed by atoms with E-state index in [0.29, 0.717) is 10.9 Å². The monoisotopic (exact) mass is 503 g/mol. The lowest BCUT2D eigenvalue weighted by molar-refractivity contribution is -0.124. The summed E-state index contributed by atoms with van der Waals surface area (Å²) in [5.41, 5.74) is 5.11. The summed E-state index contributed by atoms with van der Waals surface area (Å²) in [6, 6.07) is 20.1. The molecule has 2 aromatic carbocycles. The second kappa shape index (κ2) is 10.1. The zero-order chi connectivity index (χ0) is 24.5. The molecule has 3 aromatic rings. The third-order valence-corrected chi connectivity index (χ3v) is 8.26. The van der Waals surface area contributed by atoms with E-state index in [1.807, 2.05) is 59.5 Å². The van der Waals surface area contributed by atoms with Crippen LogP contribution in [0.3, 0.4) is 0 Å². The summed E-state index contributed by atoms with van der Waals surface area (Å²) < 4.78 is 2.18. The molecule has 5 rings (SSSR count). The van der Waals surface area contributed by atoms with Gasteiger partial charge in [-0.1, -0.05) is 55.6 Å². The molecule has 1 aromatic heterocycles. The Bertz CT molecular complexity index is 1310. The summed E-state index contributed by atoms with van der Waals surface area (Å²) in [6.07, 6.45) is 6.60. The van der Waals surface area contributed by atoms with Crippen molar-refractivity contribution >= 4 is 46.2 Å². The third-order valence-electron chi connectivity index (χ3n) is 7.04. The maximum Gasteiger partial charge on any atom is 0.267 e. The van der Waals surface area contributed by atoms with Crippen LogP contribution < -0.4 is 0 Å². The van der Waals surface area contributed by atoms with E-state index in [1.54, 1.807) is 0 Å². The Hall–Kier alpha value is -2.76. The number of carbonyl (C=O) groups excluding carboxylic acids is 1. The predicted octanol–water partition coefficient (Wildman–Crippen LogP) is 7.93. The Kier molecular flexibility index (Phi) is 6.90. The number of benzene rings is 2. The number of para-hydroxylation sites is 1. The number of amides is 1. The molecule has 2 fully saturated rings. The van der Waals surface area contributed by atoms with E-state index in [4.69, 9.17) is 16.6 Å². The SMILES string of the molecule is Cc1cc(/C=C2\SC(=Nc3ccccc3)N([C@H]3CCCC[C@H]3C)C2=O)c(C)n1-c1cccc(Cl)c1. The summed E-state index contributed by atoms with van der Waals surface area (Å²) >= 11 is 7.75. The van der Waals surface area contributed by atoms with Gasteiger partial charge in [0.05, 0.1) is 10.6 Å². The smallest absolute Gasteiger partial charge is 0.267 e. The van der Waals surface area contributed by atoms with Crippen molar-refractivity contribution in [1.82, 2.24) is 9.47 Å². The van der Waals surface area contributed by atoms with Crippen molar-refractivity contribution in [2.24, 2.45) is 10.9 Å². The zero-order valence-corrected chi connectivity index (χ0v) is 21.9. The first kappa shape index (κ1) is 24.0. The van der Waals surface area contributed by atoms with Gasteiger partial charge in [0.15, 0.2) is 5.17 Å². The van der Waals surface area contributed by atoms with Crippen LogP contribution in [0.5, 0.6) is 0 Å². The van der Waals surface area contributed by atoms with E-state index in [0.717, 1.165) is 57.7 Å². The molecule has 2 aliphatic rings. The number of nitrogens with zero attached hydrogens (tertiary/aromatic N) is 3. The van der Waals surface area contributed by atoms with Gasteiger partial charge in [0.2, 0.25) is 0 Å². The van der Waals surface area contributed by atoms with Crippen LogP contribution in [-0.2, 0) is 4.79 Å². The van der Waals surface area contributed by atoms with Gasteiger partial charge < -0.3 is 4.57 Å². The number of aromatic nitrogens is 1. The molecule has 1 aliphatic carbocycles. The van der Waals surface area contributed by atoms with Gasteiger partial charge in [-0.2, -0.15) is 0 Å². The molecule has 1 saturated heterocycles. The molecule has 0 bridgehead atoms. The van der Waals surface area contributed by atoms with Crippen LogP contribution in [0.4, 0.5) is 5.69 Å². The summed E-state index contributed by atoms with van der Waals surface area (Å²) in [6.45, 7) is 6.43. The van der Waals surface area contributed by atoms with Crippen molar-refractivity contribution in [2.75, 3.05) is 0 Å². The fourth-order valence-corrected chi connectivity index (χ4v) is 6.46. The average molecular weight is 504 g/mol. The maximum absolute atomic E-state index is 13.8. The van der Waals surface area contributed by atoms with E-state index in [9.17, 15) is 4.79 Å². The second-order valence-corrected chi connectivity index (χ2v) is 10.9. The van der Waals surface area contributed by atoms with Crippen LogP contribution in [0.15, 0.2) is 70.6 Å². The number of aliphatic imine (C=N–C) groups is 1. The first-order valence-electron chi connectivity index (χ1n) is 12.2. The molecule has 6 heteroatoms. The fourth-order valence-electron chi connectivity index (χ4n) is 5.24. The molecule has 2 heterocycles. The highest BCUT2D eigenvalue weighted by Crippen LogP contribution is 2.40. The van der Waals surface area contributed by atoms with Gasteiger partial charge in [-0.3, -0.25) is 9.69 Å². The van der Waals surface area contributed by atoms with Crippen LogP contribution in [0.25, 0.3) is 11.8 Å². The van der Waals surface area contributed by atoms with Gasteiger partial charge >= 0.3 is 0 Å². The van der Waals surface area contributed by atoms with Gasteiger partial charge in [0.25, 0.3) is 5.91 Å². The largest absolute Gasteiger partial charge is 0.318 e. The molecular weight excluding hydrogens is 474 g/mol. The van der Waals surface area contributed by atoms with Gasteiger partial charge in [-0.05, 0) is 92.4 Å². The Labute approximate surface area is 216 Å². The number of hydrogen-bond donors (Lipinski definition) is 0. The first-order valence-corrected chi connectivity index (χ1v) is 13.4. The second-order valence-electron chi connectivity index (χ2n) is 9.49. The minimum Gasteiger partial charge on any atom is -0.318 e. The summed E-state index contributed by atoms with van der Waals surface area (Å²) in [4.78, 5) is 21.4. The molecule has 0 N–H and O–H groups in total. The van der Waals surface area contributed by atoms with E-state index in [1.165, 1.54) is 18.2 Å². The van der Waals surface area contributed by atoms with Crippen LogP contribution in [0.1, 0.15) is 49.6 Å². The standard InChI is InChI=1S/C29H30ClN3OS/c1-19-10-7-8-15-26(19)33-28(34)27(35-29(33)31-24-12-5-4-6-13-24)17-22-16-20(2)32(21(22)3)25-14-9-11-23(30)18-25/h4-6,9,11-14,16-19,26H,7-8,10,15H2,1-3H3/b27-17-,31-29?/t19-,26+/m1/s1. The number of amidine groups is 1. The highest BCUT2D eigenvalue weighted by molar-refractivity contribution is 8.18. The normalized spacial score (nSPS) is 23.0. The Morgan fingerprint density at radius 1 is 1.03 bits per heavy atom.